The van der Waals surface area contributed by atoms with Crippen LogP contribution in [0.25, 0.3) is 5.52 Å². The van der Waals surface area contributed by atoms with E-state index in [0.717, 1.165) is 0 Å². The number of nitrogens with zero attached hydrogens (tertiary/aromatic N) is 2. The molecule has 102 valence electrons. The molecule has 2 heterocycles. The fourth-order valence-corrected chi connectivity index (χ4v) is 2.44. The highest BCUT2D eigenvalue weighted by Crippen LogP contribution is 2.27. The molecule has 0 radical (unpaired) electrons. The first-order valence-electron chi connectivity index (χ1n) is 6.22. The van der Waals surface area contributed by atoms with Gasteiger partial charge in [0.2, 0.25) is 5.78 Å². The maximum absolute atomic E-state index is 12.7. The largest absolute Gasteiger partial charge is 0.396 e. The quantitative estimate of drug-likeness (QED) is 0.738. The van der Waals surface area contributed by atoms with Gasteiger partial charge in [-0.25, -0.2) is 0 Å². The molecule has 0 saturated heterocycles. The topological polar surface area (TPSA) is 71.3 Å². The molecule has 0 unspecified atom stereocenters. The van der Waals surface area contributed by atoms with E-state index in [1.165, 1.54) is 0 Å². The minimum Gasteiger partial charge on any atom is -0.396 e. The fourth-order valence-electron chi connectivity index (χ4n) is 2.32. The lowest BCUT2D eigenvalue weighted by molar-refractivity contribution is 0.103. The standard InChI is InChI=1S/C16H10ClN3O/c17-11-6-4-10(5-7-11)16(21)15-14(19)12(9-18)13-3-1-2-8-20(13)15/h1-8H,19H2. The summed E-state index contributed by atoms with van der Waals surface area (Å²) in [5.74, 6) is -0.244. The summed E-state index contributed by atoms with van der Waals surface area (Å²) >= 11 is 5.83. The van der Waals surface area contributed by atoms with Gasteiger partial charge in [0.1, 0.15) is 17.3 Å². The predicted molar refractivity (Wildman–Crippen MR) is 81.4 cm³/mol. The zero-order valence-corrected chi connectivity index (χ0v) is 11.6. The number of benzene rings is 1. The van der Waals surface area contributed by atoms with Gasteiger partial charge in [0.05, 0.1) is 11.2 Å². The number of carbonyl (C=O) groups is 1. The summed E-state index contributed by atoms with van der Waals surface area (Å²) in [5.41, 5.74) is 7.90. The van der Waals surface area contributed by atoms with E-state index in [-0.39, 0.29) is 11.5 Å². The summed E-state index contributed by atoms with van der Waals surface area (Å²) < 4.78 is 1.64. The van der Waals surface area contributed by atoms with E-state index in [2.05, 4.69) is 6.07 Å². The highest BCUT2D eigenvalue weighted by Gasteiger charge is 2.22. The molecule has 3 rings (SSSR count). The Morgan fingerprint density at radius 3 is 2.57 bits per heavy atom. The molecule has 5 heteroatoms. The minimum absolute atomic E-state index is 0.198. The van der Waals surface area contributed by atoms with E-state index in [9.17, 15) is 10.1 Å². The minimum atomic E-state index is -0.244. The van der Waals surface area contributed by atoms with E-state index in [0.29, 0.717) is 27.4 Å². The van der Waals surface area contributed by atoms with Crippen molar-refractivity contribution >= 4 is 28.6 Å². The summed E-state index contributed by atoms with van der Waals surface area (Å²) in [7, 11) is 0. The van der Waals surface area contributed by atoms with Crippen LogP contribution in [0.3, 0.4) is 0 Å². The number of pyridine rings is 1. The second kappa shape index (κ2) is 4.97. The third-order valence-corrected chi connectivity index (χ3v) is 3.57. The number of anilines is 1. The molecule has 0 aliphatic heterocycles. The van der Waals surface area contributed by atoms with Gasteiger partial charge in [-0.3, -0.25) is 4.79 Å². The number of nitrogens with two attached hydrogens (primary N) is 1. The lowest BCUT2D eigenvalue weighted by atomic mass is 10.1. The Morgan fingerprint density at radius 1 is 1.19 bits per heavy atom. The van der Waals surface area contributed by atoms with E-state index < -0.39 is 0 Å². The molecule has 0 atom stereocenters. The van der Waals surface area contributed by atoms with Gasteiger partial charge >= 0.3 is 0 Å². The van der Waals surface area contributed by atoms with Crippen LogP contribution in [-0.4, -0.2) is 10.2 Å². The molecular weight excluding hydrogens is 286 g/mol. The predicted octanol–water partition coefficient (Wildman–Crippen LogP) is 3.28. The number of nitriles is 1. The van der Waals surface area contributed by atoms with Crippen LogP contribution in [0.2, 0.25) is 5.02 Å². The Kier molecular flexibility index (Phi) is 3.13. The first-order chi connectivity index (χ1) is 10.1. The fraction of sp³-hybridized carbons (Fsp3) is 0. The summed E-state index contributed by atoms with van der Waals surface area (Å²) in [6, 6.07) is 14.0. The molecule has 4 nitrogen and oxygen atoms in total. The van der Waals surface area contributed by atoms with E-state index >= 15 is 0 Å². The number of hydrogen-bond acceptors (Lipinski definition) is 3. The number of aromatic nitrogens is 1. The van der Waals surface area contributed by atoms with Crippen molar-refractivity contribution in [3.8, 4) is 6.07 Å². The molecule has 1 aromatic carbocycles. The average Bonchev–Trinajstić information content (AvgIpc) is 2.78. The number of halogens is 1. The summed E-state index contributed by atoms with van der Waals surface area (Å²) in [5, 5.41) is 9.80. The second-order valence-electron chi connectivity index (χ2n) is 4.54. The monoisotopic (exact) mass is 295 g/mol. The van der Waals surface area contributed by atoms with Crippen molar-refractivity contribution < 1.29 is 4.79 Å². The van der Waals surface area contributed by atoms with Crippen LogP contribution in [0.15, 0.2) is 48.7 Å². The normalized spacial score (nSPS) is 10.5. The van der Waals surface area contributed by atoms with Crippen LogP contribution in [-0.2, 0) is 0 Å². The molecule has 0 bridgehead atoms. The van der Waals surface area contributed by atoms with Crippen molar-refractivity contribution in [2.75, 3.05) is 5.73 Å². The first-order valence-corrected chi connectivity index (χ1v) is 6.60. The molecule has 0 spiro atoms. The van der Waals surface area contributed by atoms with Crippen LogP contribution in [0.4, 0.5) is 5.69 Å². The number of fused-ring (bicyclic) bond motifs is 1. The molecular formula is C16H10ClN3O. The van der Waals surface area contributed by atoms with Crippen LogP contribution in [0.5, 0.6) is 0 Å². The Bertz CT molecular complexity index is 888. The Balaban J connectivity index is 2.25. The molecule has 2 aromatic heterocycles. The molecule has 0 aliphatic carbocycles. The average molecular weight is 296 g/mol. The second-order valence-corrected chi connectivity index (χ2v) is 4.98. The molecule has 0 fully saturated rings. The SMILES string of the molecule is N#Cc1c(N)c(C(=O)c2ccc(Cl)cc2)n2ccccc12. The van der Waals surface area contributed by atoms with Crippen molar-refractivity contribution in [2.24, 2.45) is 0 Å². The van der Waals surface area contributed by atoms with E-state index in [4.69, 9.17) is 17.3 Å². The molecule has 21 heavy (non-hydrogen) atoms. The zero-order valence-electron chi connectivity index (χ0n) is 10.9. The summed E-state index contributed by atoms with van der Waals surface area (Å²) in [6.45, 7) is 0. The summed E-state index contributed by atoms with van der Waals surface area (Å²) in [4.78, 5) is 12.7. The van der Waals surface area contributed by atoms with E-state index in [1.807, 2.05) is 0 Å². The van der Waals surface area contributed by atoms with Gasteiger partial charge in [-0.05, 0) is 36.4 Å². The molecule has 3 aromatic rings. The maximum atomic E-state index is 12.7. The van der Waals surface area contributed by atoms with Gasteiger partial charge in [0.25, 0.3) is 0 Å². The van der Waals surface area contributed by atoms with Crippen LogP contribution in [0, 0.1) is 11.3 Å². The van der Waals surface area contributed by atoms with Gasteiger partial charge in [0, 0.05) is 16.8 Å². The van der Waals surface area contributed by atoms with Crippen molar-refractivity contribution in [1.29, 1.82) is 5.26 Å². The smallest absolute Gasteiger partial charge is 0.211 e. The third-order valence-electron chi connectivity index (χ3n) is 3.31. The van der Waals surface area contributed by atoms with Crippen LogP contribution < -0.4 is 5.73 Å². The molecule has 2 N–H and O–H groups in total. The lowest BCUT2D eigenvalue weighted by Gasteiger charge is -2.03. The van der Waals surface area contributed by atoms with Crippen LogP contribution in [0.1, 0.15) is 21.6 Å². The van der Waals surface area contributed by atoms with Gasteiger partial charge in [-0.15, -0.1) is 0 Å². The van der Waals surface area contributed by atoms with Crippen LogP contribution >= 0.6 is 11.6 Å². The van der Waals surface area contributed by atoms with Crippen molar-refractivity contribution in [1.82, 2.24) is 4.40 Å². The van der Waals surface area contributed by atoms with Crippen molar-refractivity contribution in [3.63, 3.8) is 0 Å². The first kappa shape index (κ1) is 13.2. The number of ketones is 1. The summed E-state index contributed by atoms with van der Waals surface area (Å²) in [6.07, 6.45) is 1.72. The Morgan fingerprint density at radius 2 is 1.90 bits per heavy atom. The molecule has 0 aliphatic rings. The number of rotatable bonds is 2. The highest BCUT2D eigenvalue weighted by atomic mass is 35.5. The number of carbonyl (C=O) groups excluding carboxylic acids is 1. The Hall–Kier alpha value is -2.77. The Labute approximate surface area is 126 Å². The number of hydrogen-bond donors (Lipinski definition) is 1. The highest BCUT2D eigenvalue weighted by molar-refractivity contribution is 6.30. The van der Waals surface area contributed by atoms with E-state index in [1.54, 1.807) is 53.1 Å². The maximum Gasteiger partial charge on any atom is 0.211 e. The zero-order chi connectivity index (χ0) is 15.0. The van der Waals surface area contributed by atoms with Gasteiger partial charge in [-0.1, -0.05) is 17.7 Å². The van der Waals surface area contributed by atoms with Gasteiger partial charge in [0.15, 0.2) is 0 Å². The van der Waals surface area contributed by atoms with Gasteiger partial charge in [-0.2, -0.15) is 5.26 Å². The van der Waals surface area contributed by atoms with Gasteiger partial charge < -0.3 is 10.1 Å². The van der Waals surface area contributed by atoms with Crippen molar-refractivity contribution in [3.05, 3.63) is 70.5 Å². The molecule has 0 amide bonds. The third kappa shape index (κ3) is 2.04. The number of nitrogen functional groups attached to an aromatic ring is 1. The van der Waals surface area contributed by atoms with Crippen molar-refractivity contribution in [2.45, 2.75) is 0 Å². The molecule has 0 saturated carbocycles. The lowest BCUT2D eigenvalue weighted by Crippen LogP contribution is -2.07.